The summed E-state index contributed by atoms with van der Waals surface area (Å²) in [5, 5.41) is 36.6. The summed E-state index contributed by atoms with van der Waals surface area (Å²) in [6.07, 6.45) is 7.99. The van der Waals surface area contributed by atoms with Gasteiger partial charge >= 0.3 is 0 Å². The molecule has 398 valence electrons. The molecule has 3 aliphatic heterocycles. The summed E-state index contributed by atoms with van der Waals surface area (Å²) in [5.74, 6) is -3.62. The second-order valence-electron chi connectivity index (χ2n) is 19.8. The molecular weight excluding hydrogens is 935 g/mol. The van der Waals surface area contributed by atoms with E-state index in [1.54, 1.807) is 30.3 Å². The summed E-state index contributed by atoms with van der Waals surface area (Å²) in [6, 6.07) is 9.49. The lowest BCUT2D eigenvalue weighted by Gasteiger charge is -2.32. The van der Waals surface area contributed by atoms with Crippen LogP contribution < -0.4 is 42.8 Å². The first-order chi connectivity index (χ1) is 35.2. The number of carbonyl (C=O) groups excluding carboxylic acids is 7. The molecule has 3 aromatic carbocycles. The van der Waals surface area contributed by atoms with Crippen molar-refractivity contribution < 1.29 is 48.5 Å². The first kappa shape index (κ1) is 56.0. The summed E-state index contributed by atoms with van der Waals surface area (Å²) in [7, 11) is 0. The number of fused-ring (bicyclic) bond motifs is 3. The fourth-order valence-corrected chi connectivity index (χ4v) is 9.89. The molecule has 3 saturated heterocycles. The van der Waals surface area contributed by atoms with E-state index >= 15 is 0 Å². The Bertz CT molecular complexity index is 2370. The average molecular weight is 1010 g/mol. The number of nitrogens with one attached hydrogen (secondary N) is 5. The smallest absolute Gasteiger partial charge is 0.251 e. The van der Waals surface area contributed by atoms with E-state index in [9.17, 15) is 43.8 Å². The number of benzene rings is 3. The number of nitrogens with two attached hydrogens (primary N) is 2. The van der Waals surface area contributed by atoms with Gasteiger partial charge in [0, 0.05) is 31.2 Å². The van der Waals surface area contributed by atoms with E-state index < -0.39 is 89.7 Å². The highest BCUT2D eigenvalue weighted by atomic mass is 16.5. The highest BCUT2D eigenvalue weighted by Crippen LogP contribution is 2.25. The van der Waals surface area contributed by atoms with E-state index in [2.05, 4.69) is 33.5 Å². The van der Waals surface area contributed by atoms with E-state index in [1.165, 1.54) is 54.5 Å². The molecule has 0 radical (unpaired) electrons. The van der Waals surface area contributed by atoms with Crippen molar-refractivity contribution in [2.24, 2.45) is 11.5 Å². The van der Waals surface area contributed by atoms with Crippen LogP contribution in [0.25, 0.3) is 10.8 Å². The van der Waals surface area contributed by atoms with Crippen LogP contribution in [-0.4, -0.2) is 143 Å². The quantitative estimate of drug-likeness (QED) is 0.0833. The van der Waals surface area contributed by atoms with Crippen LogP contribution in [-0.2, 0) is 35.2 Å². The van der Waals surface area contributed by atoms with Crippen LogP contribution in [0.4, 0.5) is 0 Å². The number of amides is 7. The molecule has 8 atom stereocenters. The van der Waals surface area contributed by atoms with Gasteiger partial charge in [-0.2, -0.15) is 0 Å². The van der Waals surface area contributed by atoms with Gasteiger partial charge in [0.25, 0.3) is 5.91 Å². The third-order valence-electron chi connectivity index (χ3n) is 14.1. The zero-order chi connectivity index (χ0) is 52.4. The molecule has 3 heterocycles. The number of phenols is 1. The third kappa shape index (κ3) is 15.8. The van der Waals surface area contributed by atoms with Crippen molar-refractivity contribution in [1.29, 1.82) is 0 Å². The summed E-state index contributed by atoms with van der Waals surface area (Å²) >= 11 is 0. The Morgan fingerprint density at radius 1 is 0.767 bits per heavy atom. The van der Waals surface area contributed by atoms with Gasteiger partial charge in [0.2, 0.25) is 35.4 Å². The van der Waals surface area contributed by atoms with Crippen LogP contribution >= 0.6 is 0 Å². The first-order valence-electron chi connectivity index (χ1n) is 26.4. The second-order valence-corrected chi connectivity index (χ2v) is 19.8. The van der Waals surface area contributed by atoms with Crippen LogP contribution in [0.1, 0.15) is 126 Å². The predicted octanol–water partition coefficient (Wildman–Crippen LogP) is 2.81. The van der Waals surface area contributed by atoms with Crippen LogP contribution in [0.15, 0.2) is 60.7 Å². The van der Waals surface area contributed by atoms with Gasteiger partial charge in [-0.15, -0.1) is 0 Å². The lowest BCUT2D eigenvalue weighted by Crippen LogP contribution is -2.61. The van der Waals surface area contributed by atoms with E-state index in [1.807, 2.05) is 18.2 Å². The van der Waals surface area contributed by atoms with Crippen molar-refractivity contribution in [3.63, 3.8) is 0 Å². The number of aromatic hydroxyl groups is 1. The Balaban J connectivity index is 1.25. The molecule has 0 unspecified atom stereocenters. The Morgan fingerprint density at radius 2 is 1.49 bits per heavy atom. The molecule has 3 aromatic rings. The van der Waals surface area contributed by atoms with E-state index in [-0.39, 0.29) is 75.9 Å². The number of aliphatic hydroxyl groups excluding tert-OH is 1. The maximum absolute atomic E-state index is 14.5. The van der Waals surface area contributed by atoms with Crippen molar-refractivity contribution in [2.75, 3.05) is 32.8 Å². The molecule has 7 amide bonds. The molecule has 6 rings (SSSR count). The highest BCUT2D eigenvalue weighted by Gasteiger charge is 2.43. The van der Waals surface area contributed by atoms with Gasteiger partial charge < -0.3 is 62.8 Å². The molecule has 0 bridgehead atoms. The Morgan fingerprint density at radius 3 is 2.25 bits per heavy atom. The number of unbranched alkanes of at least 4 members (excludes halogenated alkanes) is 6. The normalized spacial score (nSPS) is 24.2. The topological polar surface area (TPSA) is 288 Å². The number of carbonyl (C=O) groups is 7. The Hall–Kier alpha value is -6.31. The lowest BCUT2D eigenvalue weighted by atomic mass is 10.0. The van der Waals surface area contributed by atoms with E-state index in [0.29, 0.717) is 32.4 Å². The molecule has 11 N–H and O–H groups in total. The molecule has 0 aromatic heterocycles. The first-order valence-corrected chi connectivity index (χ1v) is 26.4. The molecule has 0 aliphatic carbocycles. The maximum atomic E-state index is 14.5. The van der Waals surface area contributed by atoms with Crippen LogP contribution in [0.5, 0.6) is 11.5 Å². The lowest BCUT2D eigenvalue weighted by molar-refractivity contribution is -0.144. The predicted molar refractivity (Wildman–Crippen MR) is 276 cm³/mol. The molecule has 0 spiro atoms. The van der Waals surface area contributed by atoms with E-state index in [4.69, 9.17) is 16.2 Å². The van der Waals surface area contributed by atoms with Gasteiger partial charge in [0.1, 0.15) is 47.8 Å². The SMILES string of the molecule is CCCCCCCCOc1ccc2cc(C(=O)N[C@H]3CCCNC(=O)[C@@H]4C[C@H](N)CN4C(=O)[C@H](CCCCN)NC(=O)[C@H](CCc4ccc(O)cc4)NC(=O)[C@@H]4CCCN4C(=O)[C@H]([C@@H](C)O)NC3=O)ccc2c1. The van der Waals surface area contributed by atoms with Crippen LogP contribution in [0.2, 0.25) is 0 Å². The largest absolute Gasteiger partial charge is 0.508 e. The molecule has 3 aliphatic rings. The number of phenolic OH excluding ortho intramolecular Hbond substituents is 1. The van der Waals surface area contributed by atoms with Gasteiger partial charge in [-0.1, -0.05) is 63.3 Å². The van der Waals surface area contributed by atoms with Crippen molar-refractivity contribution in [3.8, 4) is 11.5 Å². The third-order valence-corrected chi connectivity index (χ3v) is 14.1. The van der Waals surface area contributed by atoms with E-state index in [0.717, 1.165) is 34.9 Å². The maximum Gasteiger partial charge on any atom is 0.251 e. The molecule has 73 heavy (non-hydrogen) atoms. The zero-order valence-electron chi connectivity index (χ0n) is 42.5. The van der Waals surface area contributed by atoms with Crippen molar-refractivity contribution in [2.45, 2.75) is 165 Å². The fourth-order valence-electron chi connectivity index (χ4n) is 9.89. The van der Waals surface area contributed by atoms with Gasteiger partial charge in [0.15, 0.2) is 0 Å². The highest BCUT2D eigenvalue weighted by molar-refractivity contribution is 6.02. The minimum absolute atomic E-state index is 0.00614. The molecule has 0 saturated carbocycles. The number of nitrogens with zero attached hydrogens (tertiary/aromatic N) is 2. The minimum atomic E-state index is -1.53. The number of hydrogen-bond acceptors (Lipinski definition) is 12. The number of ether oxygens (including phenoxy) is 1. The average Bonchev–Trinajstić information content (AvgIpc) is 4.04. The Kier molecular flexibility index (Phi) is 21.2. The van der Waals surface area contributed by atoms with Crippen molar-refractivity contribution >= 4 is 52.1 Å². The number of rotatable bonds is 18. The van der Waals surface area contributed by atoms with Crippen LogP contribution in [0.3, 0.4) is 0 Å². The summed E-state index contributed by atoms with van der Waals surface area (Å²) in [6.45, 7) is 4.68. The van der Waals surface area contributed by atoms with Gasteiger partial charge in [0.05, 0.1) is 12.7 Å². The van der Waals surface area contributed by atoms with Gasteiger partial charge in [-0.25, -0.2) is 0 Å². The molecular formula is C54H77N9O10. The number of hydrogen-bond donors (Lipinski definition) is 9. The standard InChI is InChI=1S/C54H77N9O10/c1-3-4-5-6-7-10-29-73-41-24-21-36-30-38(20-19-37(36)31-41)48(66)58-42-14-11-27-57-51(69)46-32-39(56)33-63(46)53(71)44(13-8-9-26-55)60-49(67)43(25-18-35-16-22-40(65)23-17-35)59-52(70)45-15-12-28-62(45)54(72)47(34(2)64)61-50(42)68/h16-17,19-24,30-31,34,39,42-47,64-65H,3-15,18,25-29,32-33,55-56H2,1-2H3,(H,57,69)(H,58,66)(H,59,70)(H,60,67)(H,61,68)/t34-,39+,42+,43+,44+,45+,46+,47+/m1/s1. The fraction of sp³-hybridized carbons (Fsp3) is 0.574. The van der Waals surface area contributed by atoms with Crippen molar-refractivity contribution in [3.05, 3.63) is 71.8 Å². The minimum Gasteiger partial charge on any atom is -0.508 e. The monoisotopic (exact) mass is 1010 g/mol. The summed E-state index contributed by atoms with van der Waals surface area (Å²) in [5.41, 5.74) is 13.2. The molecule has 3 fully saturated rings. The second kappa shape index (κ2) is 27.7. The summed E-state index contributed by atoms with van der Waals surface area (Å²) < 4.78 is 6.01. The van der Waals surface area contributed by atoms with Crippen molar-refractivity contribution in [1.82, 2.24) is 36.4 Å². The Labute approximate surface area is 428 Å². The van der Waals surface area contributed by atoms with Crippen LogP contribution in [0, 0.1) is 0 Å². The van der Waals surface area contributed by atoms with Gasteiger partial charge in [-0.3, -0.25) is 33.6 Å². The zero-order valence-corrected chi connectivity index (χ0v) is 42.5. The van der Waals surface area contributed by atoms with Gasteiger partial charge in [-0.05, 0) is 137 Å². The summed E-state index contributed by atoms with van der Waals surface area (Å²) in [4.78, 5) is 102. The number of aryl methyl sites for hydroxylation is 1. The number of aliphatic hydroxyl groups is 1. The molecule has 19 nitrogen and oxygen atoms in total. The molecule has 19 heteroatoms.